The Bertz CT molecular complexity index is 327. The number of pyridine rings is 1. The number of nitrogens with zero attached hydrogens (tertiary/aromatic N) is 2. The normalized spacial score (nSPS) is 10.7. The highest BCUT2D eigenvalue weighted by Gasteiger charge is 2.08. The van der Waals surface area contributed by atoms with E-state index >= 15 is 0 Å². The van der Waals surface area contributed by atoms with Crippen LogP contribution in [-0.4, -0.2) is 34.0 Å². The molecule has 1 rings (SSSR count). The molecule has 0 saturated heterocycles. The number of rotatable bonds is 8. The van der Waals surface area contributed by atoms with E-state index in [1.165, 1.54) is 0 Å². The molecule has 0 bridgehead atoms. The summed E-state index contributed by atoms with van der Waals surface area (Å²) >= 11 is 0. The van der Waals surface area contributed by atoms with Gasteiger partial charge in [-0.15, -0.1) is 0 Å². The molecule has 4 heteroatoms. The zero-order chi connectivity index (χ0) is 12.5. The lowest BCUT2D eigenvalue weighted by molar-refractivity contribution is -0.137. The summed E-state index contributed by atoms with van der Waals surface area (Å²) in [4.78, 5) is 17.0. The molecule has 1 aromatic rings. The summed E-state index contributed by atoms with van der Waals surface area (Å²) in [6.45, 7) is 4.39. The van der Waals surface area contributed by atoms with Gasteiger partial charge in [0.1, 0.15) is 0 Å². The molecule has 1 heterocycles. The second kappa shape index (κ2) is 7.79. The summed E-state index contributed by atoms with van der Waals surface area (Å²) in [5.41, 5.74) is 0.994. The predicted octanol–water partition coefficient (Wildman–Crippen LogP) is 2.16. The average Bonchev–Trinajstić information content (AvgIpc) is 2.34. The third-order valence-electron chi connectivity index (χ3n) is 2.58. The average molecular weight is 236 g/mol. The minimum atomic E-state index is -0.743. The van der Waals surface area contributed by atoms with Crippen LogP contribution in [0.1, 0.15) is 31.9 Å². The molecule has 0 spiro atoms. The minimum Gasteiger partial charge on any atom is -0.481 e. The Morgan fingerprint density at radius 3 is 2.82 bits per heavy atom. The summed E-state index contributed by atoms with van der Waals surface area (Å²) in [7, 11) is 0. The highest BCUT2D eigenvalue weighted by Crippen LogP contribution is 2.04. The highest BCUT2D eigenvalue weighted by atomic mass is 16.4. The summed E-state index contributed by atoms with van der Waals surface area (Å²) in [6.07, 6.45) is 4.17. The van der Waals surface area contributed by atoms with Gasteiger partial charge in [-0.1, -0.05) is 19.4 Å². The maximum Gasteiger partial charge on any atom is 0.304 e. The second-order valence-corrected chi connectivity index (χ2v) is 4.09. The Morgan fingerprint density at radius 1 is 1.41 bits per heavy atom. The van der Waals surface area contributed by atoms with Gasteiger partial charge in [0.15, 0.2) is 0 Å². The number of aromatic nitrogens is 1. The fraction of sp³-hybridized carbons (Fsp3) is 0.538. The van der Waals surface area contributed by atoms with E-state index in [9.17, 15) is 4.79 Å². The lowest BCUT2D eigenvalue weighted by atomic mass is 10.2. The van der Waals surface area contributed by atoms with Gasteiger partial charge < -0.3 is 5.11 Å². The van der Waals surface area contributed by atoms with Crippen LogP contribution in [0.4, 0.5) is 0 Å². The van der Waals surface area contributed by atoms with E-state index in [2.05, 4.69) is 16.8 Å². The monoisotopic (exact) mass is 236 g/mol. The van der Waals surface area contributed by atoms with Crippen LogP contribution in [0.5, 0.6) is 0 Å². The van der Waals surface area contributed by atoms with Crippen molar-refractivity contribution in [1.82, 2.24) is 9.88 Å². The van der Waals surface area contributed by atoms with Gasteiger partial charge in [-0.05, 0) is 25.1 Å². The van der Waals surface area contributed by atoms with E-state index in [1.807, 2.05) is 18.2 Å². The van der Waals surface area contributed by atoms with Crippen LogP contribution in [0.15, 0.2) is 24.4 Å². The summed E-state index contributed by atoms with van der Waals surface area (Å²) in [6, 6.07) is 5.81. The third-order valence-corrected chi connectivity index (χ3v) is 2.58. The van der Waals surface area contributed by atoms with Gasteiger partial charge in [0.05, 0.1) is 12.1 Å². The van der Waals surface area contributed by atoms with Crippen LogP contribution in [0.3, 0.4) is 0 Å². The summed E-state index contributed by atoms with van der Waals surface area (Å²) in [5, 5.41) is 8.71. The molecule has 0 aliphatic carbocycles. The highest BCUT2D eigenvalue weighted by molar-refractivity contribution is 5.66. The lowest BCUT2D eigenvalue weighted by Gasteiger charge is -2.20. The van der Waals surface area contributed by atoms with Crippen molar-refractivity contribution in [3.63, 3.8) is 0 Å². The first-order valence-electron chi connectivity index (χ1n) is 6.06. The molecule has 0 atom stereocenters. The molecule has 94 valence electrons. The van der Waals surface area contributed by atoms with Gasteiger partial charge in [-0.25, -0.2) is 0 Å². The molecular formula is C13H20N2O2. The van der Waals surface area contributed by atoms with Crippen LogP contribution in [-0.2, 0) is 11.3 Å². The van der Waals surface area contributed by atoms with Gasteiger partial charge in [0, 0.05) is 19.3 Å². The van der Waals surface area contributed by atoms with E-state index in [0.717, 1.165) is 31.6 Å². The number of carboxylic acid groups (broad SMARTS) is 1. The van der Waals surface area contributed by atoms with Gasteiger partial charge in [0.2, 0.25) is 0 Å². The topological polar surface area (TPSA) is 53.4 Å². The molecule has 0 aliphatic heterocycles. The number of carbonyl (C=O) groups is 1. The van der Waals surface area contributed by atoms with Crippen molar-refractivity contribution in [2.45, 2.75) is 32.7 Å². The predicted molar refractivity (Wildman–Crippen MR) is 66.7 cm³/mol. The zero-order valence-corrected chi connectivity index (χ0v) is 10.3. The van der Waals surface area contributed by atoms with Crippen molar-refractivity contribution >= 4 is 5.97 Å². The van der Waals surface area contributed by atoms with E-state index in [0.29, 0.717) is 6.54 Å². The van der Waals surface area contributed by atoms with Crippen LogP contribution >= 0.6 is 0 Å². The first-order chi connectivity index (χ1) is 8.22. The molecular weight excluding hydrogens is 216 g/mol. The number of unbranched alkanes of at least 4 members (excludes halogenated alkanes) is 1. The maximum absolute atomic E-state index is 10.6. The fourth-order valence-corrected chi connectivity index (χ4v) is 1.63. The quantitative estimate of drug-likeness (QED) is 0.751. The standard InChI is InChI=1S/C13H20N2O2/c1-2-3-9-15(10-7-13(16)17)11-12-6-4-5-8-14-12/h4-6,8H,2-3,7,9-11H2,1H3,(H,16,17). The van der Waals surface area contributed by atoms with Crippen molar-refractivity contribution in [2.75, 3.05) is 13.1 Å². The zero-order valence-electron chi connectivity index (χ0n) is 10.3. The Hall–Kier alpha value is -1.42. The van der Waals surface area contributed by atoms with E-state index in [1.54, 1.807) is 6.20 Å². The molecule has 1 aromatic heterocycles. The maximum atomic E-state index is 10.6. The second-order valence-electron chi connectivity index (χ2n) is 4.09. The lowest BCUT2D eigenvalue weighted by Crippen LogP contribution is -2.27. The third kappa shape index (κ3) is 6.02. The van der Waals surface area contributed by atoms with Gasteiger partial charge in [0.25, 0.3) is 0 Å². The van der Waals surface area contributed by atoms with Gasteiger partial charge in [-0.2, -0.15) is 0 Å². The Kier molecular flexibility index (Phi) is 6.25. The van der Waals surface area contributed by atoms with Crippen molar-refractivity contribution in [2.24, 2.45) is 0 Å². The summed E-state index contributed by atoms with van der Waals surface area (Å²) < 4.78 is 0. The SMILES string of the molecule is CCCCN(CCC(=O)O)Cc1ccccn1. The molecule has 0 aliphatic rings. The van der Waals surface area contributed by atoms with Crippen molar-refractivity contribution < 1.29 is 9.90 Å². The van der Waals surface area contributed by atoms with Crippen LogP contribution < -0.4 is 0 Å². The van der Waals surface area contributed by atoms with E-state index in [-0.39, 0.29) is 6.42 Å². The molecule has 0 amide bonds. The molecule has 4 nitrogen and oxygen atoms in total. The first kappa shape index (κ1) is 13.6. The molecule has 1 N–H and O–H groups in total. The van der Waals surface area contributed by atoms with Crippen LogP contribution in [0, 0.1) is 0 Å². The molecule has 0 saturated carbocycles. The smallest absolute Gasteiger partial charge is 0.304 e. The first-order valence-corrected chi connectivity index (χ1v) is 6.06. The van der Waals surface area contributed by atoms with Gasteiger partial charge >= 0.3 is 5.97 Å². The largest absolute Gasteiger partial charge is 0.481 e. The molecule has 0 unspecified atom stereocenters. The number of hydrogen-bond donors (Lipinski definition) is 1. The number of carboxylic acids is 1. The molecule has 0 aromatic carbocycles. The van der Waals surface area contributed by atoms with Crippen LogP contribution in [0.25, 0.3) is 0 Å². The Morgan fingerprint density at radius 2 is 2.24 bits per heavy atom. The van der Waals surface area contributed by atoms with Gasteiger partial charge in [-0.3, -0.25) is 14.7 Å². The number of aliphatic carboxylic acids is 1. The molecule has 0 fully saturated rings. The fourth-order valence-electron chi connectivity index (χ4n) is 1.63. The van der Waals surface area contributed by atoms with Crippen LogP contribution in [0.2, 0.25) is 0 Å². The number of hydrogen-bond acceptors (Lipinski definition) is 3. The van der Waals surface area contributed by atoms with Crippen molar-refractivity contribution in [3.8, 4) is 0 Å². The molecule has 17 heavy (non-hydrogen) atoms. The molecule has 0 radical (unpaired) electrons. The van der Waals surface area contributed by atoms with Crippen molar-refractivity contribution in [3.05, 3.63) is 30.1 Å². The summed E-state index contributed by atoms with van der Waals surface area (Å²) in [5.74, 6) is -0.743. The minimum absolute atomic E-state index is 0.191. The van der Waals surface area contributed by atoms with E-state index in [4.69, 9.17) is 5.11 Å². The Balaban J connectivity index is 2.47. The van der Waals surface area contributed by atoms with Crippen molar-refractivity contribution in [1.29, 1.82) is 0 Å². The van der Waals surface area contributed by atoms with E-state index < -0.39 is 5.97 Å². The Labute approximate surface area is 102 Å².